The van der Waals surface area contributed by atoms with Gasteiger partial charge in [0.15, 0.2) is 0 Å². The lowest BCUT2D eigenvalue weighted by Crippen LogP contribution is -2.18. The maximum atomic E-state index is 10.3. The molecule has 0 saturated carbocycles. The van der Waals surface area contributed by atoms with E-state index in [1.165, 1.54) is 0 Å². The monoisotopic (exact) mass is 348 g/mol. The summed E-state index contributed by atoms with van der Waals surface area (Å²) in [4.78, 5) is 3.26. The van der Waals surface area contributed by atoms with Crippen LogP contribution in [0.15, 0.2) is 67.4 Å². The smallest absolute Gasteiger partial charge is 0.123 e. The predicted molar refractivity (Wildman–Crippen MR) is 99.0 cm³/mol. The van der Waals surface area contributed by atoms with Crippen molar-refractivity contribution < 1.29 is 9.84 Å². The van der Waals surface area contributed by atoms with Gasteiger partial charge in [-0.1, -0.05) is 30.3 Å². The lowest BCUT2D eigenvalue weighted by atomic mass is 10.1. The van der Waals surface area contributed by atoms with Crippen LogP contribution in [0.1, 0.15) is 11.1 Å². The molecule has 0 saturated heterocycles. The van der Waals surface area contributed by atoms with E-state index in [1.54, 1.807) is 12.7 Å². The van der Waals surface area contributed by atoms with Crippen LogP contribution in [-0.2, 0) is 17.8 Å². The summed E-state index contributed by atoms with van der Waals surface area (Å²) in [6.07, 6.45) is 5.25. The number of nitrogens with zero attached hydrogens (tertiary/aromatic N) is 3. The average Bonchev–Trinajstić information content (AvgIpc) is 3.33. The molecule has 0 aliphatic heterocycles. The molecule has 0 spiro atoms. The van der Waals surface area contributed by atoms with Crippen molar-refractivity contribution in [1.29, 1.82) is 0 Å². The minimum absolute atomic E-state index is 0.298. The first-order chi connectivity index (χ1) is 12.8. The van der Waals surface area contributed by atoms with E-state index in [0.717, 1.165) is 27.7 Å². The lowest BCUT2D eigenvalue weighted by molar-refractivity contribution is 0.0290. The van der Waals surface area contributed by atoms with Gasteiger partial charge in [-0.3, -0.25) is 4.57 Å². The summed E-state index contributed by atoms with van der Waals surface area (Å²) in [6, 6.07) is 16.1. The van der Waals surface area contributed by atoms with E-state index in [0.29, 0.717) is 19.6 Å². The van der Waals surface area contributed by atoms with E-state index in [1.807, 2.05) is 53.2 Å². The van der Waals surface area contributed by atoms with Crippen molar-refractivity contribution in [1.82, 2.24) is 19.7 Å². The Morgan fingerprint density at radius 1 is 1.08 bits per heavy atom. The molecule has 4 aromatic rings. The molecule has 0 radical (unpaired) electrons. The Morgan fingerprint density at radius 2 is 1.88 bits per heavy atom. The van der Waals surface area contributed by atoms with E-state index in [-0.39, 0.29) is 0 Å². The normalized spacial score (nSPS) is 12.5. The molecule has 0 amide bonds. The van der Waals surface area contributed by atoms with Crippen LogP contribution in [0.2, 0.25) is 0 Å². The molecule has 2 aromatic carbocycles. The highest BCUT2D eigenvalue weighted by atomic mass is 16.5. The Balaban J connectivity index is 1.42. The molecular formula is C20H20N4O2. The number of rotatable bonds is 7. The second-order valence-corrected chi connectivity index (χ2v) is 6.27. The Kier molecular flexibility index (Phi) is 4.77. The number of aromatic nitrogens is 4. The summed E-state index contributed by atoms with van der Waals surface area (Å²) in [5.41, 5.74) is 4.18. The van der Waals surface area contributed by atoms with Gasteiger partial charge in [0.1, 0.15) is 12.7 Å². The summed E-state index contributed by atoms with van der Waals surface area (Å²) in [5.74, 6) is 0. The summed E-state index contributed by atoms with van der Waals surface area (Å²) < 4.78 is 7.50. The van der Waals surface area contributed by atoms with Gasteiger partial charge in [-0.05, 0) is 29.3 Å². The van der Waals surface area contributed by atoms with E-state index in [2.05, 4.69) is 21.2 Å². The molecule has 132 valence electrons. The zero-order valence-electron chi connectivity index (χ0n) is 14.2. The number of hydrogen-bond acceptors (Lipinski definition) is 4. The molecule has 2 heterocycles. The number of nitrogens with one attached hydrogen (secondary N) is 1. The molecule has 4 rings (SSSR count). The highest BCUT2D eigenvalue weighted by molar-refractivity contribution is 5.85. The Labute approximate surface area is 151 Å². The van der Waals surface area contributed by atoms with Gasteiger partial charge in [-0.2, -0.15) is 0 Å². The third-order valence-electron chi connectivity index (χ3n) is 4.35. The maximum Gasteiger partial charge on any atom is 0.123 e. The van der Waals surface area contributed by atoms with Crippen molar-refractivity contribution in [2.24, 2.45) is 0 Å². The molecule has 0 fully saturated rings. The van der Waals surface area contributed by atoms with E-state index in [9.17, 15) is 5.11 Å². The summed E-state index contributed by atoms with van der Waals surface area (Å²) in [7, 11) is 0. The summed E-state index contributed by atoms with van der Waals surface area (Å²) in [5, 5.41) is 19.1. The highest BCUT2D eigenvalue weighted by Gasteiger charge is 2.11. The number of H-pyrrole nitrogens is 1. The molecule has 26 heavy (non-hydrogen) atoms. The standard InChI is InChI=1S/C20H20N4O2/c25-18(12-26-11-15-4-2-1-3-5-15)8-16-10-21-20-7-6-17(9-19(16)20)24-13-22-23-14-24/h1-7,9-10,13-14,18,21,25H,8,11-12H2. The van der Waals surface area contributed by atoms with Gasteiger partial charge < -0.3 is 14.8 Å². The average molecular weight is 348 g/mol. The summed E-state index contributed by atoms with van der Waals surface area (Å²) >= 11 is 0. The SMILES string of the molecule is OC(COCc1ccccc1)Cc1c[nH]c2ccc(-n3cnnc3)cc12. The van der Waals surface area contributed by atoms with Gasteiger partial charge in [0, 0.05) is 29.2 Å². The fourth-order valence-corrected chi connectivity index (χ4v) is 3.03. The fourth-order valence-electron chi connectivity index (χ4n) is 3.03. The molecule has 1 atom stereocenters. The number of fused-ring (bicyclic) bond motifs is 1. The van der Waals surface area contributed by atoms with E-state index < -0.39 is 6.10 Å². The van der Waals surface area contributed by atoms with E-state index >= 15 is 0 Å². The quantitative estimate of drug-likeness (QED) is 0.538. The first-order valence-corrected chi connectivity index (χ1v) is 8.54. The van der Waals surface area contributed by atoms with E-state index in [4.69, 9.17) is 4.74 Å². The minimum Gasteiger partial charge on any atom is -0.390 e. The first kappa shape index (κ1) is 16.5. The number of hydrogen-bond donors (Lipinski definition) is 2. The topological polar surface area (TPSA) is 76.0 Å². The fraction of sp³-hybridized carbons (Fsp3) is 0.200. The van der Waals surface area contributed by atoms with Crippen LogP contribution >= 0.6 is 0 Å². The van der Waals surface area contributed by atoms with Crippen molar-refractivity contribution in [3.8, 4) is 5.69 Å². The summed E-state index contributed by atoms with van der Waals surface area (Å²) in [6.45, 7) is 0.802. The number of aliphatic hydroxyl groups excluding tert-OH is 1. The number of aromatic amines is 1. The molecular weight excluding hydrogens is 328 g/mol. The molecule has 6 heteroatoms. The highest BCUT2D eigenvalue weighted by Crippen LogP contribution is 2.23. The van der Waals surface area contributed by atoms with Gasteiger partial charge in [-0.25, -0.2) is 0 Å². The van der Waals surface area contributed by atoms with Gasteiger partial charge in [0.25, 0.3) is 0 Å². The van der Waals surface area contributed by atoms with Crippen molar-refractivity contribution >= 4 is 10.9 Å². The molecule has 0 aliphatic carbocycles. The minimum atomic E-state index is -0.559. The van der Waals surface area contributed by atoms with Crippen molar-refractivity contribution in [3.63, 3.8) is 0 Å². The lowest BCUT2D eigenvalue weighted by Gasteiger charge is -2.11. The van der Waals surface area contributed by atoms with Crippen LogP contribution in [0.3, 0.4) is 0 Å². The Hall–Kier alpha value is -2.96. The first-order valence-electron chi connectivity index (χ1n) is 8.54. The molecule has 6 nitrogen and oxygen atoms in total. The van der Waals surface area contributed by atoms with Crippen LogP contribution in [-0.4, -0.2) is 37.6 Å². The van der Waals surface area contributed by atoms with Gasteiger partial charge in [-0.15, -0.1) is 10.2 Å². The van der Waals surface area contributed by atoms with Crippen molar-refractivity contribution in [2.75, 3.05) is 6.61 Å². The molecule has 2 N–H and O–H groups in total. The maximum absolute atomic E-state index is 10.3. The predicted octanol–water partition coefficient (Wildman–Crippen LogP) is 2.87. The third-order valence-corrected chi connectivity index (χ3v) is 4.35. The van der Waals surface area contributed by atoms with Gasteiger partial charge in [0.2, 0.25) is 0 Å². The Bertz CT molecular complexity index is 964. The second-order valence-electron chi connectivity index (χ2n) is 6.27. The number of benzene rings is 2. The zero-order chi connectivity index (χ0) is 17.8. The van der Waals surface area contributed by atoms with Crippen molar-refractivity contribution in [2.45, 2.75) is 19.1 Å². The van der Waals surface area contributed by atoms with Crippen LogP contribution in [0, 0.1) is 0 Å². The molecule has 0 aliphatic rings. The number of aliphatic hydroxyl groups is 1. The molecule has 1 unspecified atom stereocenters. The van der Waals surface area contributed by atoms with Crippen LogP contribution < -0.4 is 0 Å². The zero-order valence-corrected chi connectivity index (χ0v) is 14.2. The third kappa shape index (κ3) is 3.66. The van der Waals surface area contributed by atoms with Crippen LogP contribution in [0.4, 0.5) is 0 Å². The van der Waals surface area contributed by atoms with Gasteiger partial charge >= 0.3 is 0 Å². The van der Waals surface area contributed by atoms with Crippen LogP contribution in [0.25, 0.3) is 16.6 Å². The molecule has 0 bridgehead atoms. The van der Waals surface area contributed by atoms with Gasteiger partial charge in [0.05, 0.1) is 19.3 Å². The Morgan fingerprint density at radius 3 is 2.69 bits per heavy atom. The van der Waals surface area contributed by atoms with Crippen LogP contribution in [0.5, 0.6) is 0 Å². The molecule has 2 aromatic heterocycles. The van der Waals surface area contributed by atoms with Crippen molar-refractivity contribution in [3.05, 3.63) is 78.5 Å². The largest absolute Gasteiger partial charge is 0.390 e. The number of ether oxygens (including phenoxy) is 1. The second kappa shape index (κ2) is 7.51.